The summed E-state index contributed by atoms with van der Waals surface area (Å²) in [6.45, 7) is 3.95. The van der Waals surface area contributed by atoms with Gasteiger partial charge in [0, 0.05) is 17.8 Å². The molecule has 1 atom stereocenters. The Hall–Kier alpha value is -1.43. The Morgan fingerprint density at radius 3 is 2.78 bits per heavy atom. The molecule has 2 aliphatic heterocycles. The number of fused-ring (bicyclic) bond motifs is 1. The van der Waals surface area contributed by atoms with E-state index in [1.165, 1.54) is 12.8 Å². The van der Waals surface area contributed by atoms with Crippen LogP contribution in [-0.2, 0) is 0 Å². The van der Waals surface area contributed by atoms with E-state index in [0.717, 1.165) is 28.1 Å². The van der Waals surface area contributed by atoms with Crippen molar-refractivity contribution in [1.29, 1.82) is 0 Å². The predicted octanol–water partition coefficient (Wildman–Crippen LogP) is 2.57. The number of rotatable bonds is 3. The number of amides is 1. The molecular formula is C18H22N2O2S. The Bertz CT molecular complexity index is 690. The zero-order valence-electron chi connectivity index (χ0n) is 13.2. The molecule has 2 fully saturated rings. The highest BCUT2D eigenvalue weighted by molar-refractivity contribution is 7.20. The van der Waals surface area contributed by atoms with Crippen LogP contribution in [0.25, 0.3) is 10.1 Å². The molecule has 0 bridgehead atoms. The molecule has 4 rings (SSSR count). The summed E-state index contributed by atoms with van der Waals surface area (Å²) in [5.74, 6) is 0.0588. The maximum Gasteiger partial charge on any atom is 0.264 e. The molecule has 1 amide bonds. The van der Waals surface area contributed by atoms with Gasteiger partial charge in [0.15, 0.2) is 0 Å². The Morgan fingerprint density at radius 2 is 2.00 bits per heavy atom. The van der Waals surface area contributed by atoms with Gasteiger partial charge < -0.3 is 14.9 Å². The van der Waals surface area contributed by atoms with Gasteiger partial charge in [-0.15, -0.1) is 11.3 Å². The minimum Gasteiger partial charge on any atom is -0.387 e. The molecule has 23 heavy (non-hydrogen) atoms. The summed E-state index contributed by atoms with van der Waals surface area (Å²) in [6, 6.07) is 10.0. The van der Waals surface area contributed by atoms with Gasteiger partial charge in [-0.25, -0.2) is 0 Å². The average Bonchev–Trinajstić information content (AvgIpc) is 3.26. The van der Waals surface area contributed by atoms with Gasteiger partial charge in [-0.05, 0) is 49.9 Å². The maximum absolute atomic E-state index is 12.8. The van der Waals surface area contributed by atoms with E-state index in [-0.39, 0.29) is 5.91 Å². The number of likely N-dealkylation sites (tertiary alicyclic amines) is 2. The molecule has 2 saturated heterocycles. The molecule has 0 aliphatic carbocycles. The van der Waals surface area contributed by atoms with E-state index >= 15 is 0 Å². The van der Waals surface area contributed by atoms with E-state index in [2.05, 4.69) is 4.90 Å². The van der Waals surface area contributed by atoms with Crippen molar-refractivity contribution < 1.29 is 9.90 Å². The first-order valence-electron chi connectivity index (χ1n) is 8.36. The van der Waals surface area contributed by atoms with Gasteiger partial charge in [0.25, 0.3) is 5.91 Å². The topological polar surface area (TPSA) is 43.8 Å². The normalized spacial score (nSPS) is 25.5. The van der Waals surface area contributed by atoms with Gasteiger partial charge in [0.05, 0.1) is 17.0 Å². The van der Waals surface area contributed by atoms with Crippen LogP contribution >= 0.6 is 11.3 Å². The summed E-state index contributed by atoms with van der Waals surface area (Å²) in [5.41, 5.74) is -0.739. The van der Waals surface area contributed by atoms with Crippen molar-refractivity contribution >= 4 is 27.3 Å². The number of aliphatic hydroxyl groups is 1. The van der Waals surface area contributed by atoms with Crippen LogP contribution in [0.3, 0.4) is 0 Å². The van der Waals surface area contributed by atoms with Gasteiger partial charge in [-0.3, -0.25) is 4.79 Å². The lowest BCUT2D eigenvalue weighted by molar-refractivity contribution is 0.0176. The molecule has 1 aromatic carbocycles. The van der Waals surface area contributed by atoms with Crippen molar-refractivity contribution in [3.05, 3.63) is 35.2 Å². The fourth-order valence-electron chi connectivity index (χ4n) is 3.76. The number of hydrogen-bond donors (Lipinski definition) is 1. The Balaban J connectivity index is 1.46. The summed E-state index contributed by atoms with van der Waals surface area (Å²) in [4.78, 5) is 17.7. The first-order valence-corrected chi connectivity index (χ1v) is 9.17. The lowest BCUT2D eigenvalue weighted by Crippen LogP contribution is -2.44. The van der Waals surface area contributed by atoms with Crippen molar-refractivity contribution in [2.24, 2.45) is 0 Å². The fraction of sp³-hybridized carbons (Fsp3) is 0.500. The van der Waals surface area contributed by atoms with Crippen molar-refractivity contribution in [3.63, 3.8) is 0 Å². The van der Waals surface area contributed by atoms with Crippen molar-refractivity contribution in [2.45, 2.75) is 24.9 Å². The van der Waals surface area contributed by atoms with Gasteiger partial charge in [-0.1, -0.05) is 18.2 Å². The van der Waals surface area contributed by atoms with Crippen LogP contribution in [0.5, 0.6) is 0 Å². The number of carbonyl (C=O) groups excluding carboxylic acids is 1. The molecule has 1 N–H and O–H groups in total. The van der Waals surface area contributed by atoms with E-state index in [1.54, 1.807) is 11.3 Å². The monoisotopic (exact) mass is 330 g/mol. The van der Waals surface area contributed by atoms with E-state index in [9.17, 15) is 9.90 Å². The third-order valence-corrected chi connectivity index (χ3v) is 6.08. The molecule has 2 aromatic rings. The SMILES string of the molecule is O=C(c1cc2ccccc2s1)N1CC[C@@](O)(CN2CCCC2)C1. The standard InChI is InChI=1S/C18H22N2O2S/c21-17(16-11-14-5-1-2-6-15(14)23-16)20-10-7-18(22,13-20)12-19-8-3-4-9-19/h1-2,5-6,11,22H,3-4,7-10,12-13H2/t18-/m1/s1. The van der Waals surface area contributed by atoms with Crippen LogP contribution in [0.15, 0.2) is 30.3 Å². The van der Waals surface area contributed by atoms with Crippen LogP contribution in [0.1, 0.15) is 28.9 Å². The summed E-state index contributed by atoms with van der Waals surface area (Å²) >= 11 is 1.54. The van der Waals surface area contributed by atoms with Crippen molar-refractivity contribution in [1.82, 2.24) is 9.80 Å². The third-order valence-electron chi connectivity index (χ3n) is 4.97. The largest absolute Gasteiger partial charge is 0.387 e. The number of nitrogens with zero attached hydrogens (tertiary/aromatic N) is 2. The zero-order chi connectivity index (χ0) is 15.9. The van der Waals surface area contributed by atoms with Gasteiger partial charge >= 0.3 is 0 Å². The first kappa shape index (κ1) is 15.1. The fourth-order valence-corrected chi connectivity index (χ4v) is 4.79. The minimum atomic E-state index is -0.739. The van der Waals surface area contributed by atoms with Crippen LogP contribution in [0, 0.1) is 0 Å². The second-order valence-corrected chi connectivity index (χ2v) is 7.92. The molecule has 1 aromatic heterocycles. The lowest BCUT2D eigenvalue weighted by atomic mass is 10.0. The Labute approximate surface area is 140 Å². The van der Waals surface area contributed by atoms with Crippen LogP contribution < -0.4 is 0 Å². The van der Waals surface area contributed by atoms with E-state index in [0.29, 0.717) is 26.1 Å². The summed E-state index contributed by atoms with van der Waals surface area (Å²) in [7, 11) is 0. The molecular weight excluding hydrogens is 308 g/mol. The summed E-state index contributed by atoms with van der Waals surface area (Å²) in [5, 5.41) is 11.9. The van der Waals surface area contributed by atoms with Crippen LogP contribution in [-0.4, -0.2) is 59.1 Å². The second-order valence-electron chi connectivity index (χ2n) is 6.83. The molecule has 0 spiro atoms. The lowest BCUT2D eigenvalue weighted by Gasteiger charge is -2.28. The molecule has 5 heteroatoms. The maximum atomic E-state index is 12.8. The van der Waals surface area contributed by atoms with Gasteiger partial charge in [-0.2, -0.15) is 0 Å². The van der Waals surface area contributed by atoms with Gasteiger partial charge in [0.1, 0.15) is 0 Å². The highest BCUT2D eigenvalue weighted by Crippen LogP contribution is 2.30. The minimum absolute atomic E-state index is 0.0588. The number of hydrogen-bond acceptors (Lipinski definition) is 4. The molecule has 122 valence electrons. The quantitative estimate of drug-likeness (QED) is 0.941. The zero-order valence-corrected chi connectivity index (χ0v) is 14.0. The molecule has 0 saturated carbocycles. The number of benzene rings is 1. The molecule has 4 nitrogen and oxygen atoms in total. The van der Waals surface area contributed by atoms with Crippen molar-refractivity contribution in [2.75, 3.05) is 32.7 Å². The average molecular weight is 330 g/mol. The number of carbonyl (C=O) groups is 1. The summed E-state index contributed by atoms with van der Waals surface area (Å²) < 4.78 is 1.14. The Kier molecular flexibility index (Phi) is 3.87. The molecule has 3 heterocycles. The van der Waals surface area contributed by atoms with Crippen molar-refractivity contribution in [3.8, 4) is 0 Å². The third kappa shape index (κ3) is 3.01. The smallest absolute Gasteiger partial charge is 0.264 e. The highest BCUT2D eigenvalue weighted by atomic mass is 32.1. The Morgan fingerprint density at radius 1 is 1.22 bits per heavy atom. The van der Waals surface area contributed by atoms with Gasteiger partial charge in [0.2, 0.25) is 0 Å². The first-order chi connectivity index (χ1) is 11.1. The number of thiophene rings is 1. The van der Waals surface area contributed by atoms with Crippen LogP contribution in [0.4, 0.5) is 0 Å². The highest BCUT2D eigenvalue weighted by Gasteiger charge is 2.40. The molecule has 0 radical (unpaired) electrons. The molecule has 2 aliphatic rings. The molecule has 0 unspecified atom stereocenters. The van der Waals surface area contributed by atoms with E-state index in [4.69, 9.17) is 0 Å². The van der Waals surface area contributed by atoms with E-state index < -0.39 is 5.60 Å². The predicted molar refractivity (Wildman–Crippen MR) is 93.0 cm³/mol. The number of β-amino-alcohol motifs (C(OH)–C–C–N with tert-alkyl or cyclic N) is 1. The second kappa shape index (κ2) is 5.89. The van der Waals surface area contributed by atoms with Crippen LogP contribution in [0.2, 0.25) is 0 Å². The van der Waals surface area contributed by atoms with E-state index in [1.807, 2.05) is 35.2 Å². The summed E-state index contributed by atoms with van der Waals surface area (Å²) in [6.07, 6.45) is 3.13.